The fraction of sp³-hybridized carbons (Fsp3) is 0.316. The van der Waals surface area contributed by atoms with Crippen LogP contribution in [0.1, 0.15) is 12.0 Å². The molecule has 0 spiro atoms. The summed E-state index contributed by atoms with van der Waals surface area (Å²) in [5.41, 5.74) is 1.01. The van der Waals surface area contributed by atoms with E-state index in [1.165, 1.54) is 0 Å². The van der Waals surface area contributed by atoms with E-state index in [2.05, 4.69) is 9.97 Å². The highest BCUT2D eigenvalue weighted by atomic mass is 16.5. The molecule has 0 N–H and O–H groups in total. The van der Waals surface area contributed by atoms with E-state index in [1.807, 2.05) is 55.4 Å². The Labute approximate surface area is 147 Å². The summed E-state index contributed by atoms with van der Waals surface area (Å²) in [4.78, 5) is 24.5. The maximum Gasteiger partial charge on any atom is 0.246 e. The summed E-state index contributed by atoms with van der Waals surface area (Å²) in [5.74, 6) is 1.24. The van der Waals surface area contributed by atoms with Crippen LogP contribution >= 0.6 is 0 Å². The molecule has 2 aromatic rings. The highest BCUT2D eigenvalue weighted by Gasteiger charge is 2.26. The number of carbonyl (C=O) groups is 1. The minimum Gasteiger partial charge on any atom is -0.471 e. The number of anilines is 1. The van der Waals surface area contributed by atoms with Crippen LogP contribution in [0.5, 0.6) is 5.88 Å². The molecule has 1 aromatic heterocycles. The van der Waals surface area contributed by atoms with Gasteiger partial charge in [0.2, 0.25) is 11.8 Å². The molecule has 1 fully saturated rings. The van der Waals surface area contributed by atoms with Crippen LogP contribution in [-0.2, 0) is 4.79 Å². The summed E-state index contributed by atoms with van der Waals surface area (Å²) in [6, 6.07) is 9.79. The van der Waals surface area contributed by atoms with Gasteiger partial charge in [0.1, 0.15) is 6.10 Å². The third-order valence-electron chi connectivity index (χ3n) is 4.02. The van der Waals surface area contributed by atoms with E-state index in [1.54, 1.807) is 23.4 Å². The van der Waals surface area contributed by atoms with Gasteiger partial charge in [0.15, 0.2) is 5.82 Å². The highest BCUT2D eigenvalue weighted by Crippen LogP contribution is 2.18. The molecule has 1 unspecified atom stereocenters. The van der Waals surface area contributed by atoms with Crippen molar-refractivity contribution < 1.29 is 9.53 Å². The first kappa shape index (κ1) is 17.0. The van der Waals surface area contributed by atoms with E-state index in [0.29, 0.717) is 19.0 Å². The number of hydrogen-bond acceptors (Lipinski definition) is 5. The van der Waals surface area contributed by atoms with Crippen molar-refractivity contribution in [3.8, 4) is 5.88 Å². The molecule has 25 heavy (non-hydrogen) atoms. The van der Waals surface area contributed by atoms with Gasteiger partial charge in [0.25, 0.3) is 0 Å². The Morgan fingerprint density at radius 3 is 2.84 bits per heavy atom. The molecular weight excluding hydrogens is 316 g/mol. The molecule has 1 aliphatic rings. The van der Waals surface area contributed by atoms with Crippen LogP contribution in [0.2, 0.25) is 0 Å². The summed E-state index contributed by atoms with van der Waals surface area (Å²) >= 11 is 0. The van der Waals surface area contributed by atoms with Crippen molar-refractivity contribution in [3.05, 3.63) is 54.4 Å². The minimum absolute atomic E-state index is 0.00285. The van der Waals surface area contributed by atoms with Crippen LogP contribution in [0.3, 0.4) is 0 Å². The van der Waals surface area contributed by atoms with Gasteiger partial charge in [-0.3, -0.25) is 9.78 Å². The van der Waals surface area contributed by atoms with Crippen molar-refractivity contribution in [1.82, 2.24) is 14.9 Å². The van der Waals surface area contributed by atoms with Gasteiger partial charge >= 0.3 is 0 Å². The maximum atomic E-state index is 12.3. The summed E-state index contributed by atoms with van der Waals surface area (Å²) in [7, 11) is 3.81. The van der Waals surface area contributed by atoms with Gasteiger partial charge in [0.05, 0.1) is 18.9 Å². The first-order valence-corrected chi connectivity index (χ1v) is 8.30. The van der Waals surface area contributed by atoms with Gasteiger partial charge in [-0.25, -0.2) is 0 Å². The standard InChI is InChI=1S/C19H22N4O2/c1-22(2)17-12-20-13-18(21-17)25-16-10-11-23(14-16)19(24)9-8-15-6-4-3-5-7-15/h3-9,12-13,16H,10-11,14H2,1-2H3/b9-8+. The molecule has 2 heterocycles. The minimum atomic E-state index is -0.0548. The van der Waals surface area contributed by atoms with Crippen molar-refractivity contribution in [3.63, 3.8) is 0 Å². The number of aromatic nitrogens is 2. The number of carbonyl (C=O) groups excluding carboxylic acids is 1. The second-order valence-electron chi connectivity index (χ2n) is 6.17. The smallest absolute Gasteiger partial charge is 0.246 e. The molecule has 0 saturated carbocycles. The van der Waals surface area contributed by atoms with Crippen molar-refractivity contribution in [1.29, 1.82) is 0 Å². The van der Waals surface area contributed by atoms with Gasteiger partial charge in [-0.15, -0.1) is 0 Å². The van der Waals surface area contributed by atoms with Crippen LogP contribution in [-0.4, -0.2) is 54.1 Å². The number of nitrogens with zero attached hydrogens (tertiary/aromatic N) is 4. The molecule has 130 valence electrons. The molecule has 1 aliphatic heterocycles. The van der Waals surface area contributed by atoms with E-state index in [9.17, 15) is 4.79 Å². The lowest BCUT2D eigenvalue weighted by Gasteiger charge is -2.16. The van der Waals surface area contributed by atoms with Gasteiger partial charge in [-0.2, -0.15) is 4.98 Å². The molecule has 3 rings (SSSR count). The first-order chi connectivity index (χ1) is 12.1. The second kappa shape index (κ2) is 7.79. The van der Waals surface area contributed by atoms with E-state index < -0.39 is 0 Å². The maximum absolute atomic E-state index is 12.3. The molecule has 0 radical (unpaired) electrons. The zero-order chi connectivity index (χ0) is 17.6. The summed E-state index contributed by atoms with van der Waals surface area (Å²) in [6.45, 7) is 1.25. The lowest BCUT2D eigenvalue weighted by atomic mass is 10.2. The Morgan fingerprint density at radius 1 is 1.28 bits per heavy atom. The Balaban J connectivity index is 1.55. The normalized spacial score (nSPS) is 17.0. The van der Waals surface area contributed by atoms with Crippen molar-refractivity contribution in [2.45, 2.75) is 12.5 Å². The predicted molar refractivity (Wildman–Crippen MR) is 97.4 cm³/mol. The van der Waals surface area contributed by atoms with E-state index in [-0.39, 0.29) is 12.0 Å². The molecule has 0 aliphatic carbocycles. The van der Waals surface area contributed by atoms with Crippen molar-refractivity contribution in [2.75, 3.05) is 32.1 Å². The molecule has 1 atom stereocenters. The Hall–Kier alpha value is -2.89. The average Bonchev–Trinajstić information content (AvgIpc) is 3.09. The largest absolute Gasteiger partial charge is 0.471 e. The summed E-state index contributed by atoms with van der Waals surface area (Å²) < 4.78 is 5.89. The fourth-order valence-corrected chi connectivity index (χ4v) is 2.64. The lowest BCUT2D eigenvalue weighted by molar-refractivity contribution is -0.125. The van der Waals surface area contributed by atoms with Crippen LogP contribution in [0.25, 0.3) is 6.08 Å². The first-order valence-electron chi connectivity index (χ1n) is 8.30. The second-order valence-corrected chi connectivity index (χ2v) is 6.17. The number of rotatable bonds is 5. The zero-order valence-corrected chi connectivity index (χ0v) is 14.5. The van der Waals surface area contributed by atoms with Crippen molar-refractivity contribution >= 4 is 17.8 Å². The molecular formula is C19H22N4O2. The molecule has 1 aromatic carbocycles. The van der Waals surface area contributed by atoms with Gasteiger partial charge in [-0.1, -0.05) is 30.3 Å². The van der Waals surface area contributed by atoms with E-state index in [0.717, 1.165) is 17.8 Å². The number of hydrogen-bond donors (Lipinski definition) is 0. The molecule has 1 saturated heterocycles. The quantitative estimate of drug-likeness (QED) is 0.783. The molecule has 0 bridgehead atoms. The molecule has 1 amide bonds. The van der Waals surface area contributed by atoms with Gasteiger partial charge in [-0.05, 0) is 11.6 Å². The Bertz CT molecular complexity index is 746. The summed E-state index contributed by atoms with van der Waals surface area (Å²) in [5, 5.41) is 0. The lowest BCUT2D eigenvalue weighted by Crippen LogP contribution is -2.29. The molecule has 6 nitrogen and oxygen atoms in total. The van der Waals surface area contributed by atoms with Crippen LogP contribution in [0.4, 0.5) is 5.82 Å². The van der Waals surface area contributed by atoms with Crippen LogP contribution in [0.15, 0.2) is 48.8 Å². The number of benzene rings is 1. The number of amides is 1. The van der Waals surface area contributed by atoms with Crippen LogP contribution < -0.4 is 9.64 Å². The molecule has 6 heteroatoms. The Morgan fingerprint density at radius 2 is 2.08 bits per heavy atom. The van der Waals surface area contributed by atoms with Gasteiger partial charge in [0, 0.05) is 33.1 Å². The van der Waals surface area contributed by atoms with Crippen molar-refractivity contribution in [2.24, 2.45) is 0 Å². The number of ether oxygens (including phenoxy) is 1. The van der Waals surface area contributed by atoms with Crippen LogP contribution in [0, 0.1) is 0 Å². The topological polar surface area (TPSA) is 58.6 Å². The predicted octanol–water partition coefficient (Wildman–Crippen LogP) is 2.24. The Kier molecular flexibility index (Phi) is 5.28. The SMILES string of the molecule is CN(C)c1cncc(OC2CCN(C(=O)/C=C/c3ccccc3)C2)n1. The third kappa shape index (κ3) is 4.56. The summed E-state index contributed by atoms with van der Waals surface area (Å²) in [6.07, 6.45) is 7.48. The third-order valence-corrected chi connectivity index (χ3v) is 4.02. The van der Waals surface area contributed by atoms with E-state index in [4.69, 9.17) is 4.74 Å². The zero-order valence-electron chi connectivity index (χ0n) is 14.5. The number of likely N-dealkylation sites (tertiary alicyclic amines) is 1. The highest BCUT2D eigenvalue weighted by molar-refractivity contribution is 5.92. The average molecular weight is 338 g/mol. The monoisotopic (exact) mass is 338 g/mol. The fourth-order valence-electron chi connectivity index (χ4n) is 2.64. The van der Waals surface area contributed by atoms with Gasteiger partial charge < -0.3 is 14.5 Å². The van der Waals surface area contributed by atoms with E-state index >= 15 is 0 Å².